The Morgan fingerprint density at radius 2 is 1.68 bits per heavy atom. The summed E-state index contributed by atoms with van der Waals surface area (Å²) in [5, 5.41) is 12.7. The molecular formula is C30H35F2N3O2. The van der Waals surface area contributed by atoms with Crippen molar-refractivity contribution in [2.45, 2.75) is 45.0 Å². The molecule has 196 valence electrons. The normalized spacial score (nSPS) is 15.6. The molecule has 0 amide bonds. The van der Waals surface area contributed by atoms with E-state index >= 15 is 0 Å². The number of nitrogens with zero attached hydrogens (tertiary/aromatic N) is 1. The van der Waals surface area contributed by atoms with E-state index in [1.807, 2.05) is 49.4 Å². The number of halogens is 2. The van der Waals surface area contributed by atoms with Crippen molar-refractivity contribution in [3.05, 3.63) is 107 Å². The zero-order chi connectivity index (χ0) is 26.4. The van der Waals surface area contributed by atoms with E-state index in [4.69, 9.17) is 10.5 Å². The van der Waals surface area contributed by atoms with E-state index < -0.39 is 12.0 Å². The van der Waals surface area contributed by atoms with E-state index in [0.717, 1.165) is 48.2 Å². The maximum absolute atomic E-state index is 13.9. The van der Waals surface area contributed by atoms with Crippen LogP contribution in [0.4, 0.5) is 14.5 Å². The number of nitrogens with one attached hydrogen (secondary N) is 1. The first-order valence-corrected chi connectivity index (χ1v) is 12.6. The van der Waals surface area contributed by atoms with Crippen LogP contribution in [0.3, 0.4) is 0 Å². The van der Waals surface area contributed by atoms with E-state index in [9.17, 15) is 13.9 Å². The van der Waals surface area contributed by atoms with Gasteiger partial charge in [-0.2, -0.15) is 8.78 Å². The molecule has 1 aliphatic heterocycles. The van der Waals surface area contributed by atoms with Gasteiger partial charge in [0.05, 0.1) is 12.7 Å². The van der Waals surface area contributed by atoms with Gasteiger partial charge in [-0.25, -0.2) is 0 Å². The third-order valence-corrected chi connectivity index (χ3v) is 6.83. The van der Waals surface area contributed by atoms with Crippen molar-refractivity contribution < 1.29 is 18.6 Å². The van der Waals surface area contributed by atoms with Gasteiger partial charge in [0.15, 0.2) is 0 Å². The number of rotatable bonds is 11. The first-order chi connectivity index (χ1) is 17.7. The Labute approximate surface area is 217 Å². The van der Waals surface area contributed by atoms with Crippen LogP contribution in [0.15, 0.2) is 84.7 Å². The number of hydrogen-bond donors (Lipinski definition) is 3. The minimum absolute atomic E-state index is 0.175. The van der Waals surface area contributed by atoms with E-state index in [1.165, 1.54) is 17.7 Å². The lowest BCUT2D eigenvalue weighted by Crippen LogP contribution is -2.53. The molecule has 0 radical (unpaired) electrons. The number of likely N-dealkylation sites (tertiary alicyclic amines) is 1. The number of aliphatic hydroxyl groups excluding tert-OH is 1. The van der Waals surface area contributed by atoms with Gasteiger partial charge in [-0.15, -0.1) is 0 Å². The largest absolute Gasteiger partial charge is 0.387 e. The number of benzene rings is 3. The van der Waals surface area contributed by atoms with Crippen LogP contribution >= 0.6 is 0 Å². The van der Waals surface area contributed by atoms with Crippen LogP contribution in [0.25, 0.3) is 5.57 Å². The summed E-state index contributed by atoms with van der Waals surface area (Å²) in [4.78, 5) is 2.14. The van der Waals surface area contributed by atoms with Crippen LogP contribution in [0.5, 0.6) is 0 Å². The molecule has 0 spiro atoms. The van der Waals surface area contributed by atoms with Crippen molar-refractivity contribution in [3.8, 4) is 0 Å². The van der Waals surface area contributed by atoms with Crippen molar-refractivity contribution in [1.82, 2.24) is 4.90 Å². The Bertz CT molecular complexity index is 1170. The highest BCUT2D eigenvalue weighted by atomic mass is 19.3. The molecule has 0 aromatic heterocycles. The number of alkyl halides is 2. The molecule has 1 fully saturated rings. The van der Waals surface area contributed by atoms with E-state index in [2.05, 4.69) is 22.3 Å². The van der Waals surface area contributed by atoms with Crippen molar-refractivity contribution in [1.29, 1.82) is 0 Å². The summed E-state index contributed by atoms with van der Waals surface area (Å²) in [6.45, 7) is 5.97. The number of aliphatic hydroxyl groups is 1. The van der Waals surface area contributed by atoms with Crippen molar-refractivity contribution >= 4 is 11.3 Å². The third-order valence-electron chi connectivity index (χ3n) is 6.83. The smallest absolute Gasteiger partial charge is 0.298 e. The molecule has 1 saturated heterocycles. The topological polar surface area (TPSA) is 70.8 Å². The van der Waals surface area contributed by atoms with Crippen LogP contribution in [0, 0.1) is 0 Å². The van der Waals surface area contributed by atoms with Crippen molar-refractivity contribution in [2.75, 3.05) is 25.0 Å². The molecule has 0 saturated carbocycles. The Morgan fingerprint density at radius 1 is 1.03 bits per heavy atom. The van der Waals surface area contributed by atoms with Gasteiger partial charge in [0, 0.05) is 30.9 Å². The summed E-state index contributed by atoms with van der Waals surface area (Å²) < 4.78 is 33.8. The minimum Gasteiger partial charge on any atom is -0.387 e. The zero-order valence-electron chi connectivity index (χ0n) is 21.3. The molecule has 1 unspecified atom stereocenters. The minimum atomic E-state index is -3.25. The van der Waals surface area contributed by atoms with Gasteiger partial charge in [-0.3, -0.25) is 0 Å². The average molecular weight is 508 g/mol. The molecule has 5 nitrogen and oxygen atoms in total. The lowest BCUT2D eigenvalue weighted by Gasteiger charge is -2.41. The summed E-state index contributed by atoms with van der Waals surface area (Å²) in [5.41, 5.74) is 11.4. The second-order valence-corrected chi connectivity index (χ2v) is 9.58. The second kappa shape index (κ2) is 11.8. The fraction of sp³-hybridized carbons (Fsp3) is 0.333. The summed E-state index contributed by atoms with van der Waals surface area (Å²) >= 11 is 0. The zero-order valence-corrected chi connectivity index (χ0v) is 21.3. The lowest BCUT2D eigenvalue weighted by molar-refractivity contribution is -0.106. The maximum atomic E-state index is 13.9. The summed E-state index contributed by atoms with van der Waals surface area (Å²) in [5.74, 6) is -2.48. The first-order valence-electron chi connectivity index (χ1n) is 12.6. The van der Waals surface area contributed by atoms with Crippen LogP contribution in [0.2, 0.25) is 0 Å². The highest BCUT2D eigenvalue weighted by Crippen LogP contribution is 2.31. The Balaban J connectivity index is 1.23. The van der Waals surface area contributed by atoms with Gasteiger partial charge in [0.1, 0.15) is 11.9 Å². The van der Waals surface area contributed by atoms with Crippen LogP contribution in [-0.2, 0) is 23.7 Å². The molecule has 1 aliphatic rings. The van der Waals surface area contributed by atoms with Crippen LogP contribution in [0.1, 0.15) is 36.1 Å². The van der Waals surface area contributed by atoms with Gasteiger partial charge >= 0.3 is 0 Å². The van der Waals surface area contributed by atoms with Crippen molar-refractivity contribution in [2.24, 2.45) is 5.73 Å². The molecule has 4 N–H and O–H groups in total. The summed E-state index contributed by atoms with van der Waals surface area (Å²) in [7, 11) is 0. The first kappa shape index (κ1) is 26.6. The van der Waals surface area contributed by atoms with Gasteiger partial charge in [-0.05, 0) is 54.7 Å². The monoisotopic (exact) mass is 507 g/mol. The van der Waals surface area contributed by atoms with Gasteiger partial charge in [-0.1, -0.05) is 66.7 Å². The van der Waals surface area contributed by atoms with Crippen LogP contribution in [-0.4, -0.2) is 41.8 Å². The molecule has 1 atom stereocenters. The average Bonchev–Trinajstić information content (AvgIpc) is 2.88. The number of hydrogen-bond acceptors (Lipinski definition) is 5. The summed E-state index contributed by atoms with van der Waals surface area (Å²) in [6.07, 6.45) is -0.848. The highest BCUT2D eigenvalue weighted by Gasteiger charge is 2.37. The fourth-order valence-electron chi connectivity index (χ4n) is 4.24. The van der Waals surface area contributed by atoms with Crippen molar-refractivity contribution in [3.63, 3.8) is 0 Å². The number of nitrogens with two attached hydrogens (primary N) is 1. The third kappa shape index (κ3) is 6.67. The predicted octanol–water partition coefficient (Wildman–Crippen LogP) is 5.36. The molecule has 0 aliphatic carbocycles. The van der Waals surface area contributed by atoms with E-state index in [-0.39, 0.29) is 11.7 Å². The quantitative estimate of drug-likeness (QED) is 0.326. The fourth-order valence-corrected chi connectivity index (χ4v) is 4.24. The second-order valence-electron chi connectivity index (χ2n) is 9.58. The predicted molar refractivity (Wildman–Crippen MR) is 144 cm³/mol. The number of anilines is 1. The molecule has 7 heteroatoms. The number of allylic oxidation sites excluding steroid dienone is 1. The van der Waals surface area contributed by atoms with Gasteiger partial charge < -0.3 is 25.8 Å². The Kier molecular flexibility index (Phi) is 8.46. The van der Waals surface area contributed by atoms with E-state index in [0.29, 0.717) is 19.6 Å². The molecule has 4 rings (SSSR count). The molecule has 37 heavy (non-hydrogen) atoms. The van der Waals surface area contributed by atoms with E-state index in [1.54, 1.807) is 12.1 Å². The maximum Gasteiger partial charge on any atom is 0.298 e. The molecule has 3 aromatic rings. The molecular weight excluding hydrogens is 472 g/mol. The SMILES string of the molecule is C/C(=C(\N)N1CC(OCc2ccccc2)C1)c1ccc(NCCc2ccc(C(F)(F)C(C)O)cc2)cc1. The molecule has 0 bridgehead atoms. The van der Waals surface area contributed by atoms with Gasteiger partial charge in [0.2, 0.25) is 0 Å². The lowest BCUT2D eigenvalue weighted by atomic mass is 10.0. The highest BCUT2D eigenvalue weighted by molar-refractivity contribution is 5.67. The van der Waals surface area contributed by atoms with Gasteiger partial charge in [0.25, 0.3) is 5.92 Å². The molecule has 3 aromatic carbocycles. The van der Waals surface area contributed by atoms with Crippen LogP contribution < -0.4 is 11.1 Å². The standard InChI is InChI=1S/C30H35F2N3O2/c1-21(29(33)35-18-28(19-35)37-20-24-6-4-3-5-7-24)25-10-14-27(15-11-25)34-17-16-23-8-12-26(13-9-23)30(31,32)22(2)36/h3-15,22,28,34,36H,16-20,33H2,1-2H3/b29-21-. The summed E-state index contributed by atoms with van der Waals surface area (Å²) in [6, 6.07) is 24.4. The molecule has 1 heterocycles. The number of ether oxygens (including phenoxy) is 1. The Hall–Kier alpha value is -3.42. The Morgan fingerprint density at radius 3 is 2.30 bits per heavy atom.